The first kappa shape index (κ1) is 30.0. The number of nitrogens with zero attached hydrogens (tertiary/aromatic N) is 1. The van der Waals surface area contributed by atoms with Crippen molar-refractivity contribution < 1.29 is 4.42 Å². The first-order chi connectivity index (χ1) is 26.3. The van der Waals surface area contributed by atoms with Gasteiger partial charge < -0.3 is 9.32 Å². The molecule has 0 saturated heterocycles. The molecule has 2 nitrogen and oxygen atoms in total. The number of rotatable bonds is 5. The van der Waals surface area contributed by atoms with E-state index >= 15 is 0 Å². The van der Waals surface area contributed by atoms with Crippen LogP contribution in [0.15, 0.2) is 192 Å². The number of anilines is 3. The maximum absolute atomic E-state index is 6.40. The molecule has 0 saturated carbocycles. The van der Waals surface area contributed by atoms with Crippen LogP contribution in [0.3, 0.4) is 0 Å². The molecule has 0 radical (unpaired) electrons. The van der Waals surface area contributed by atoms with Crippen LogP contribution in [0.2, 0.25) is 0 Å². The fourth-order valence-corrected chi connectivity index (χ4v) is 9.40. The molecule has 0 atom stereocenters. The molecule has 11 aromatic rings. The van der Waals surface area contributed by atoms with Crippen LogP contribution in [0.1, 0.15) is 0 Å². The Morgan fingerprint density at radius 1 is 0.377 bits per heavy atom. The Hall–Kier alpha value is -6.68. The van der Waals surface area contributed by atoms with Gasteiger partial charge in [0.1, 0.15) is 11.2 Å². The summed E-state index contributed by atoms with van der Waals surface area (Å²) in [6.07, 6.45) is 0. The van der Waals surface area contributed by atoms with Crippen LogP contribution in [0.25, 0.3) is 85.9 Å². The van der Waals surface area contributed by atoms with Crippen LogP contribution in [0.5, 0.6) is 0 Å². The van der Waals surface area contributed by atoms with E-state index in [-0.39, 0.29) is 0 Å². The van der Waals surface area contributed by atoms with Crippen molar-refractivity contribution in [3.63, 3.8) is 0 Å². The standard InChI is InChI=1S/C50H31NOS/c1-2-10-32(11-3-1)41-29-28-40(49-44-15-7-9-17-48(44)53-50(41)49)34-20-23-36(24-21-34)51(38-26-27-43-42-14-6-8-16-46(42)52-47(43)31-38)37-25-22-35-19-18-33-12-4-5-13-39(33)45(35)30-37/h1-31H. The average Bonchev–Trinajstić information content (AvgIpc) is 3.80. The summed E-state index contributed by atoms with van der Waals surface area (Å²) in [6.45, 7) is 0. The molecule has 0 fully saturated rings. The van der Waals surface area contributed by atoms with Crippen molar-refractivity contribution in [2.24, 2.45) is 0 Å². The van der Waals surface area contributed by atoms with Crippen LogP contribution in [0.4, 0.5) is 17.1 Å². The highest BCUT2D eigenvalue weighted by atomic mass is 32.1. The van der Waals surface area contributed by atoms with E-state index in [1.54, 1.807) is 0 Å². The van der Waals surface area contributed by atoms with Crippen LogP contribution in [-0.2, 0) is 0 Å². The highest BCUT2D eigenvalue weighted by Gasteiger charge is 2.19. The van der Waals surface area contributed by atoms with Gasteiger partial charge in [0.25, 0.3) is 0 Å². The summed E-state index contributed by atoms with van der Waals surface area (Å²) in [5.41, 5.74) is 9.95. The lowest BCUT2D eigenvalue weighted by Crippen LogP contribution is -2.09. The van der Waals surface area contributed by atoms with Gasteiger partial charge in [-0.05, 0) is 92.3 Å². The summed E-state index contributed by atoms with van der Waals surface area (Å²) in [4.78, 5) is 2.35. The third-order valence-corrected chi connectivity index (χ3v) is 11.9. The largest absolute Gasteiger partial charge is 0.456 e. The Bertz CT molecular complexity index is 3170. The van der Waals surface area contributed by atoms with Crippen molar-refractivity contribution in [1.82, 2.24) is 0 Å². The maximum Gasteiger partial charge on any atom is 0.137 e. The predicted molar refractivity (Wildman–Crippen MR) is 227 cm³/mol. The highest BCUT2D eigenvalue weighted by Crippen LogP contribution is 2.46. The minimum atomic E-state index is 0.877. The van der Waals surface area contributed by atoms with Crippen molar-refractivity contribution in [3.8, 4) is 22.3 Å². The van der Waals surface area contributed by atoms with E-state index in [2.05, 4.69) is 181 Å². The highest BCUT2D eigenvalue weighted by molar-refractivity contribution is 7.26. The molecule has 53 heavy (non-hydrogen) atoms. The molecule has 0 amide bonds. The van der Waals surface area contributed by atoms with Gasteiger partial charge in [0.15, 0.2) is 0 Å². The molecule has 0 spiro atoms. The van der Waals surface area contributed by atoms with E-state index in [0.717, 1.165) is 39.0 Å². The molecule has 0 bridgehead atoms. The van der Waals surface area contributed by atoms with Crippen LogP contribution in [-0.4, -0.2) is 0 Å². The van der Waals surface area contributed by atoms with Gasteiger partial charge in [-0.25, -0.2) is 0 Å². The Balaban J connectivity index is 1.09. The van der Waals surface area contributed by atoms with Crippen LogP contribution in [0, 0.1) is 0 Å². The number of thiophene rings is 1. The number of para-hydroxylation sites is 1. The van der Waals surface area contributed by atoms with Gasteiger partial charge in [0.2, 0.25) is 0 Å². The summed E-state index contributed by atoms with van der Waals surface area (Å²) in [5, 5.41) is 9.81. The Morgan fingerprint density at radius 3 is 1.85 bits per heavy atom. The third-order valence-electron chi connectivity index (χ3n) is 10.7. The summed E-state index contributed by atoms with van der Waals surface area (Å²) < 4.78 is 9.03. The average molecular weight is 694 g/mol. The molecule has 3 heteroatoms. The lowest BCUT2D eigenvalue weighted by Gasteiger charge is -2.26. The molecule has 2 aromatic heterocycles. The molecule has 0 aliphatic heterocycles. The lowest BCUT2D eigenvalue weighted by atomic mass is 9.94. The van der Waals surface area contributed by atoms with Crippen LogP contribution < -0.4 is 4.90 Å². The zero-order valence-corrected chi connectivity index (χ0v) is 29.5. The van der Waals surface area contributed by atoms with Gasteiger partial charge in [0, 0.05) is 54.1 Å². The predicted octanol–water partition coefficient (Wildman–Crippen LogP) is 15.1. The van der Waals surface area contributed by atoms with Crippen molar-refractivity contribution in [3.05, 3.63) is 188 Å². The van der Waals surface area contributed by atoms with Crippen LogP contribution >= 0.6 is 11.3 Å². The minimum Gasteiger partial charge on any atom is -0.456 e. The third kappa shape index (κ3) is 4.86. The van der Waals surface area contributed by atoms with Gasteiger partial charge in [-0.3, -0.25) is 0 Å². The molecule has 248 valence electrons. The fraction of sp³-hybridized carbons (Fsp3) is 0. The van der Waals surface area contributed by atoms with Gasteiger partial charge in [-0.2, -0.15) is 0 Å². The monoisotopic (exact) mass is 693 g/mol. The lowest BCUT2D eigenvalue weighted by molar-refractivity contribution is 0.669. The number of fused-ring (bicyclic) bond motifs is 9. The van der Waals surface area contributed by atoms with Crippen molar-refractivity contribution in [2.45, 2.75) is 0 Å². The fourth-order valence-electron chi connectivity index (χ4n) is 8.13. The minimum absolute atomic E-state index is 0.877. The summed E-state index contributed by atoms with van der Waals surface area (Å²) in [5.74, 6) is 0. The van der Waals surface area contributed by atoms with Gasteiger partial charge >= 0.3 is 0 Å². The topological polar surface area (TPSA) is 16.4 Å². The Labute approximate surface area is 310 Å². The van der Waals surface area contributed by atoms with Gasteiger partial charge in [-0.15, -0.1) is 11.3 Å². The first-order valence-electron chi connectivity index (χ1n) is 18.0. The second-order valence-corrected chi connectivity index (χ2v) is 14.7. The molecular formula is C50H31NOS. The normalized spacial score (nSPS) is 11.8. The maximum atomic E-state index is 6.40. The quantitative estimate of drug-likeness (QED) is 0.167. The second kappa shape index (κ2) is 11.9. The van der Waals surface area contributed by atoms with Gasteiger partial charge in [-0.1, -0.05) is 133 Å². The molecule has 0 N–H and O–H groups in total. The first-order valence-corrected chi connectivity index (χ1v) is 18.8. The molecule has 0 unspecified atom stereocenters. The zero-order valence-electron chi connectivity index (χ0n) is 28.7. The summed E-state index contributed by atoms with van der Waals surface area (Å²) in [7, 11) is 0. The van der Waals surface area contributed by atoms with E-state index in [0.29, 0.717) is 0 Å². The number of hydrogen-bond acceptors (Lipinski definition) is 3. The van der Waals surface area contributed by atoms with Crippen molar-refractivity contribution >= 4 is 92.1 Å². The van der Waals surface area contributed by atoms with Crippen molar-refractivity contribution in [2.75, 3.05) is 4.90 Å². The number of hydrogen-bond donors (Lipinski definition) is 0. The molecule has 11 rings (SSSR count). The Morgan fingerprint density at radius 2 is 0.981 bits per heavy atom. The Kier molecular flexibility index (Phi) is 6.76. The zero-order chi connectivity index (χ0) is 34.9. The van der Waals surface area contributed by atoms with E-state index in [1.807, 2.05) is 23.5 Å². The molecular weight excluding hydrogens is 663 g/mol. The van der Waals surface area contributed by atoms with Gasteiger partial charge in [0.05, 0.1) is 0 Å². The SMILES string of the molecule is c1ccc(-c2ccc(-c3ccc(N(c4ccc5c(c4)oc4ccccc45)c4ccc5ccc6ccccc6c5c4)cc3)c3c2sc2ccccc23)cc1. The van der Waals surface area contributed by atoms with E-state index < -0.39 is 0 Å². The second-order valence-electron chi connectivity index (χ2n) is 13.7. The molecule has 0 aliphatic rings. The van der Waals surface area contributed by atoms with Crippen molar-refractivity contribution in [1.29, 1.82) is 0 Å². The van der Waals surface area contributed by atoms with E-state index in [1.165, 1.54) is 64.0 Å². The number of furan rings is 1. The molecule has 9 aromatic carbocycles. The summed E-state index contributed by atoms with van der Waals surface area (Å²) in [6, 6.07) is 68.0. The number of benzene rings is 9. The molecule has 2 heterocycles. The van der Waals surface area contributed by atoms with E-state index in [4.69, 9.17) is 4.42 Å². The smallest absolute Gasteiger partial charge is 0.137 e. The molecule has 0 aliphatic carbocycles. The summed E-state index contributed by atoms with van der Waals surface area (Å²) >= 11 is 1.88. The van der Waals surface area contributed by atoms with E-state index in [9.17, 15) is 0 Å².